The van der Waals surface area contributed by atoms with Crippen LogP contribution >= 0.6 is 0 Å². The number of nitrogens with zero attached hydrogens (tertiary/aromatic N) is 6. The van der Waals surface area contributed by atoms with Crippen molar-refractivity contribution in [3.63, 3.8) is 0 Å². The highest BCUT2D eigenvalue weighted by molar-refractivity contribution is 5.98. The Kier molecular flexibility index (Phi) is 6.27. The number of H-pyrrole nitrogens is 1. The summed E-state index contributed by atoms with van der Waals surface area (Å²) in [6.45, 7) is 2.31. The second-order valence-corrected chi connectivity index (χ2v) is 8.42. The zero-order chi connectivity index (χ0) is 26.2. The predicted octanol–water partition coefficient (Wildman–Crippen LogP) is 4.25. The molecule has 1 aliphatic rings. The normalized spacial score (nSPS) is 15.7. The summed E-state index contributed by atoms with van der Waals surface area (Å²) in [4.78, 5) is 19.8. The van der Waals surface area contributed by atoms with Crippen LogP contribution in [-0.4, -0.2) is 61.0 Å². The molecule has 0 spiro atoms. The molecule has 1 amide bonds. The minimum atomic E-state index is -4.86. The number of aromatic nitrogens is 6. The highest BCUT2D eigenvalue weighted by atomic mass is 19.4. The lowest BCUT2D eigenvalue weighted by molar-refractivity contribution is -0.274. The van der Waals surface area contributed by atoms with Gasteiger partial charge in [0, 0.05) is 6.54 Å². The molecule has 1 N–H and O–H groups in total. The van der Waals surface area contributed by atoms with E-state index in [9.17, 15) is 18.0 Å². The van der Waals surface area contributed by atoms with Gasteiger partial charge in [0.05, 0.1) is 42.4 Å². The highest BCUT2D eigenvalue weighted by Crippen LogP contribution is 2.36. The van der Waals surface area contributed by atoms with Crippen LogP contribution in [0.3, 0.4) is 0 Å². The average Bonchev–Trinajstić information content (AvgIpc) is 3.64. The van der Waals surface area contributed by atoms with E-state index in [0.717, 1.165) is 5.56 Å². The minimum absolute atomic E-state index is 0.102. The van der Waals surface area contributed by atoms with Crippen LogP contribution in [0.1, 0.15) is 40.6 Å². The van der Waals surface area contributed by atoms with Gasteiger partial charge in [-0.05, 0) is 49.6 Å². The summed E-state index contributed by atoms with van der Waals surface area (Å²) in [7, 11) is 1.53. The number of ether oxygens (including phenoxy) is 2. The second kappa shape index (κ2) is 9.56. The van der Waals surface area contributed by atoms with Gasteiger partial charge in [-0.15, -0.1) is 23.4 Å². The molecule has 3 heterocycles. The molecule has 13 heteroatoms. The van der Waals surface area contributed by atoms with E-state index in [1.54, 1.807) is 23.1 Å². The molecule has 1 aliphatic heterocycles. The van der Waals surface area contributed by atoms with Crippen LogP contribution in [0.15, 0.2) is 48.8 Å². The van der Waals surface area contributed by atoms with Gasteiger partial charge in [-0.25, -0.2) is 0 Å². The SMILES string of the molecule is COc1cc(C(=O)N2CCCC2c2nnc(-c3ccccc3OC(F)(F)F)[nH]2)c(-n2nccn2)cc1C. The number of likely N-dealkylation sites (tertiary alicyclic amines) is 1. The maximum absolute atomic E-state index is 13.8. The van der Waals surface area contributed by atoms with Crippen molar-refractivity contribution in [2.45, 2.75) is 32.2 Å². The molecule has 2 aromatic heterocycles. The van der Waals surface area contributed by atoms with Crippen molar-refractivity contribution < 1.29 is 27.4 Å². The number of aryl methyl sites for hydroxylation is 1. The molecular formula is C24H22F3N7O3. The molecule has 0 bridgehead atoms. The summed E-state index contributed by atoms with van der Waals surface area (Å²) in [5, 5.41) is 16.6. The van der Waals surface area contributed by atoms with E-state index >= 15 is 0 Å². The number of hydrogen-bond acceptors (Lipinski definition) is 7. The Morgan fingerprint density at radius 3 is 2.59 bits per heavy atom. The first kappa shape index (κ1) is 24.3. The molecule has 4 aromatic rings. The Labute approximate surface area is 209 Å². The molecule has 0 saturated carbocycles. The molecule has 37 heavy (non-hydrogen) atoms. The van der Waals surface area contributed by atoms with E-state index in [0.29, 0.717) is 42.2 Å². The van der Waals surface area contributed by atoms with Crippen LogP contribution in [0, 0.1) is 6.92 Å². The number of carbonyl (C=O) groups is 1. The van der Waals surface area contributed by atoms with Crippen molar-refractivity contribution in [2.75, 3.05) is 13.7 Å². The fourth-order valence-electron chi connectivity index (χ4n) is 4.44. The van der Waals surface area contributed by atoms with Crippen molar-refractivity contribution in [3.8, 4) is 28.6 Å². The van der Waals surface area contributed by atoms with E-state index in [1.807, 2.05) is 6.92 Å². The first-order valence-electron chi connectivity index (χ1n) is 11.4. The number of rotatable bonds is 6. The van der Waals surface area contributed by atoms with E-state index < -0.39 is 18.2 Å². The van der Waals surface area contributed by atoms with Gasteiger partial charge in [0.15, 0.2) is 11.6 Å². The van der Waals surface area contributed by atoms with Crippen molar-refractivity contribution in [1.29, 1.82) is 0 Å². The number of amides is 1. The van der Waals surface area contributed by atoms with Crippen LogP contribution in [0.2, 0.25) is 0 Å². The molecule has 0 radical (unpaired) electrons. The minimum Gasteiger partial charge on any atom is -0.496 e. The fraction of sp³-hybridized carbons (Fsp3) is 0.292. The Morgan fingerprint density at radius 1 is 1.11 bits per heavy atom. The first-order valence-corrected chi connectivity index (χ1v) is 11.4. The molecule has 5 rings (SSSR count). The molecule has 1 atom stereocenters. The summed E-state index contributed by atoms with van der Waals surface area (Å²) in [6.07, 6.45) is -0.520. The quantitative estimate of drug-likeness (QED) is 0.410. The smallest absolute Gasteiger partial charge is 0.496 e. The third-order valence-corrected chi connectivity index (χ3v) is 6.08. The van der Waals surface area contributed by atoms with Crippen molar-refractivity contribution in [3.05, 3.63) is 65.7 Å². The van der Waals surface area contributed by atoms with Gasteiger partial charge in [-0.1, -0.05) is 12.1 Å². The van der Waals surface area contributed by atoms with Crippen LogP contribution in [0.25, 0.3) is 17.1 Å². The molecule has 10 nitrogen and oxygen atoms in total. The Hall–Kier alpha value is -4.42. The monoisotopic (exact) mass is 513 g/mol. The molecule has 1 unspecified atom stereocenters. The van der Waals surface area contributed by atoms with E-state index in [1.165, 1.54) is 42.5 Å². The van der Waals surface area contributed by atoms with Crippen LogP contribution < -0.4 is 9.47 Å². The fourth-order valence-corrected chi connectivity index (χ4v) is 4.44. The topological polar surface area (TPSA) is 111 Å². The number of carbonyl (C=O) groups excluding carboxylic acids is 1. The van der Waals surface area contributed by atoms with Gasteiger partial charge in [0.2, 0.25) is 0 Å². The summed E-state index contributed by atoms with van der Waals surface area (Å²) < 4.78 is 48.2. The van der Waals surface area contributed by atoms with Gasteiger partial charge in [-0.2, -0.15) is 15.0 Å². The molecule has 0 aliphatic carbocycles. The van der Waals surface area contributed by atoms with E-state index in [4.69, 9.17) is 4.74 Å². The number of aromatic amines is 1. The Morgan fingerprint density at radius 2 is 1.86 bits per heavy atom. The average molecular weight is 513 g/mol. The van der Waals surface area contributed by atoms with Gasteiger partial charge in [0.1, 0.15) is 11.5 Å². The number of para-hydroxylation sites is 1. The number of benzene rings is 2. The van der Waals surface area contributed by atoms with Crippen molar-refractivity contribution in [2.24, 2.45) is 0 Å². The second-order valence-electron chi connectivity index (χ2n) is 8.42. The zero-order valence-corrected chi connectivity index (χ0v) is 19.9. The summed E-state index contributed by atoms with van der Waals surface area (Å²) in [6, 6.07) is 8.62. The summed E-state index contributed by atoms with van der Waals surface area (Å²) in [5.74, 6) is 0.318. The highest BCUT2D eigenvalue weighted by Gasteiger charge is 2.36. The summed E-state index contributed by atoms with van der Waals surface area (Å²) >= 11 is 0. The predicted molar refractivity (Wildman–Crippen MR) is 124 cm³/mol. The lowest BCUT2D eigenvalue weighted by Gasteiger charge is -2.24. The lowest BCUT2D eigenvalue weighted by Crippen LogP contribution is -2.32. The number of methoxy groups -OCH3 is 1. The number of hydrogen-bond donors (Lipinski definition) is 1. The maximum atomic E-state index is 13.8. The Bertz CT molecular complexity index is 1420. The standard InChI is InChI=1S/C24H22F3N7O3/c1-14-12-18(34-28-9-10-29-34)16(13-20(14)36-2)23(35)33-11-5-7-17(33)22-30-21(31-32-22)15-6-3-4-8-19(15)37-24(25,26)27/h3-4,6,8-10,12-13,17H,5,7,11H2,1-2H3,(H,30,31,32). The maximum Gasteiger partial charge on any atom is 0.573 e. The third kappa shape index (κ3) is 4.84. The van der Waals surface area contributed by atoms with Gasteiger partial charge < -0.3 is 19.4 Å². The lowest BCUT2D eigenvalue weighted by atomic mass is 10.1. The number of halogens is 3. The summed E-state index contributed by atoms with van der Waals surface area (Å²) in [5.41, 5.74) is 1.75. The molecule has 192 valence electrons. The molecular weight excluding hydrogens is 491 g/mol. The van der Waals surface area contributed by atoms with Gasteiger partial charge in [-0.3, -0.25) is 4.79 Å². The molecule has 1 fully saturated rings. The Balaban J connectivity index is 1.48. The van der Waals surface area contributed by atoms with Crippen molar-refractivity contribution in [1.82, 2.24) is 35.1 Å². The van der Waals surface area contributed by atoms with Crippen LogP contribution in [-0.2, 0) is 0 Å². The number of nitrogens with one attached hydrogen (secondary N) is 1. The third-order valence-electron chi connectivity index (χ3n) is 6.08. The van der Waals surface area contributed by atoms with E-state index in [-0.39, 0.29) is 17.3 Å². The molecule has 2 aromatic carbocycles. The zero-order valence-electron chi connectivity index (χ0n) is 19.9. The number of alkyl halides is 3. The van der Waals surface area contributed by atoms with E-state index in [2.05, 4.69) is 30.1 Å². The molecule has 1 saturated heterocycles. The van der Waals surface area contributed by atoms with Gasteiger partial charge in [0.25, 0.3) is 5.91 Å². The van der Waals surface area contributed by atoms with Crippen LogP contribution in [0.4, 0.5) is 13.2 Å². The van der Waals surface area contributed by atoms with Crippen molar-refractivity contribution >= 4 is 5.91 Å². The largest absolute Gasteiger partial charge is 0.573 e. The van der Waals surface area contributed by atoms with Crippen LogP contribution in [0.5, 0.6) is 11.5 Å². The van der Waals surface area contributed by atoms with Gasteiger partial charge >= 0.3 is 6.36 Å². The first-order chi connectivity index (χ1) is 17.7.